The third kappa shape index (κ3) is 9.27. The Hall–Kier alpha value is -4.44. The van der Waals surface area contributed by atoms with Crippen LogP contribution in [0.5, 0.6) is 11.5 Å². The van der Waals surface area contributed by atoms with Gasteiger partial charge in [0.15, 0.2) is 0 Å². The molecule has 0 heterocycles. The van der Waals surface area contributed by atoms with Gasteiger partial charge >= 0.3 is 0 Å². The van der Waals surface area contributed by atoms with Crippen LogP contribution in [-0.4, -0.2) is 37.7 Å². The number of benzene rings is 4. The molecule has 0 aromatic heterocycles. The number of amides is 3. The second kappa shape index (κ2) is 15.2. The van der Waals surface area contributed by atoms with Gasteiger partial charge < -0.3 is 25.4 Å². The average molecular weight is 637 g/mol. The van der Waals surface area contributed by atoms with Crippen LogP contribution in [0, 0.1) is 0 Å². The first-order chi connectivity index (χ1) is 20.7. The van der Waals surface area contributed by atoms with Gasteiger partial charge in [-0.05, 0) is 78.9 Å². The van der Waals surface area contributed by atoms with E-state index in [1.165, 1.54) is 32.1 Å². The zero-order valence-electron chi connectivity index (χ0n) is 23.2. The summed E-state index contributed by atoms with van der Waals surface area (Å²) in [6, 6.07) is 25.5. The number of hydrogen-bond donors (Lipinski definition) is 3. The van der Waals surface area contributed by atoms with Crippen LogP contribution in [0.15, 0.2) is 102 Å². The van der Waals surface area contributed by atoms with Gasteiger partial charge in [0.25, 0.3) is 11.8 Å². The molecule has 4 aromatic carbocycles. The molecule has 3 N–H and O–H groups in total. The van der Waals surface area contributed by atoms with Crippen LogP contribution in [0.3, 0.4) is 0 Å². The predicted octanol–water partition coefficient (Wildman–Crippen LogP) is 7.15. The van der Waals surface area contributed by atoms with Crippen LogP contribution in [0.4, 0.5) is 11.4 Å². The molecule has 4 aromatic rings. The van der Waals surface area contributed by atoms with E-state index in [0.29, 0.717) is 44.0 Å². The Bertz CT molecular complexity index is 1630. The second-order valence-corrected chi connectivity index (χ2v) is 10.9. The molecule has 220 valence electrons. The molecule has 11 heteroatoms. The lowest BCUT2D eigenvalue weighted by atomic mass is 10.1. The summed E-state index contributed by atoms with van der Waals surface area (Å²) in [7, 11) is 3.04. The molecule has 0 aliphatic rings. The molecule has 0 saturated heterocycles. The summed E-state index contributed by atoms with van der Waals surface area (Å²) < 4.78 is 10.8. The minimum absolute atomic E-state index is 0.00310. The van der Waals surface area contributed by atoms with Gasteiger partial charge in [0.1, 0.15) is 17.2 Å². The molecule has 0 radical (unpaired) electrons. The van der Waals surface area contributed by atoms with Gasteiger partial charge in [-0.1, -0.05) is 41.4 Å². The van der Waals surface area contributed by atoms with Crippen LogP contribution < -0.4 is 25.4 Å². The smallest absolute Gasteiger partial charge is 0.272 e. The zero-order valence-corrected chi connectivity index (χ0v) is 25.5. The molecule has 0 bridgehead atoms. The van der Waals surface area contributed by atoms with Crippen molar-refractivity contribution in [2.75, 3.05) is 30.6 Å². The Kier molecular flexibility index (Phi) is 11.1. The normalized spacial score (nSPS) is 10.9. The number of carbonyl (C=O) groups excluding carboxylic acids is 3. The summed E-state index contributed by atoms with van der Waals surface area (Å²) in [6.45, 7) is 0. The van der Waals surface area contributed by atoms with Crippen LogP contribution in [0.2, 0.25) is 10.0 Å². The molecular weight excluding hydrogens is 609 g/mol. The van der Waals surface area contributed by atoms with Crippen molar-refractivity contribution in [1.82, 2.24) is 5.32 Å². The van der Waals surface area contributed by atoms with Crippen molar-refractivity contribution in [2.45, 2.75) is 4.90 Å². The van der Waals surface area contributed by atoms with E-state index >= 15 is 0 Å². The predicted molar refractivity (Wildman–Crippen MR) is 172 cm³/mol. The molecule has 0 unspecified atom stereocenters. The lowest BCUT2D eigenvalue weighted by Gasteiger charge is -2.13. The zero-order chi connectivity index (χ0) is 30.8. The van der Waals surface area contributed by atoms with Gasteiger partial charge in [-0.15, -0.1) is 11.8 Å². The van der Waals surface area contributed by atoms with Gasteiger partial charge in [0, 0.05) is 37.4 Å². The molecular formula is C32H27Cl2N3O5S. The van der Waals surface area contributed by atoms with Gasteiger partial charge in [-0.25, -0.2) is 0 Å². The van der Waals surface area contributed by atoms with Crippen molar-refractivity contribution in [1.29, 1.82) is 0 Å². The summed E-state index contributed by atoms with van der Waals surface area (Å²) in [5.41, 5.74) is 1.92. The molecule has 0 atom stereocenters. The highest BCUT2D eigenvalue weighted by molar-refractivity contribution is 8.00. The maximum absolute atomic E-state index is 13.4. The molecule has 4 rings (SSSR count). The molecule has 0 aliphatic heterocycles. The number of rotatable bonds is 11. The highest BCUT2D eigenvalue weighted by Crippen LogP contribution is 2.27. The van der Waals surface area contributed by atoms with E-state index in [1.807, 2.05) is 0 Å². The summed E-state index contributed by atoms with van der Waals surface area (Å²) >= 11 is 13.3. The van der Waals surface area contributed by atoms with Gasteiger partial charge in [0.2, 0.25) is 5.91 Å². The van der Waals surface area contributed by atoms with Crippen molar-refractivity contribution in [3.05, 3.63) is 118 Å². The Morgan fingerprint density at radius 2 is 1.49 bits per heavy atom. The van der Waals surface area contributed by atoms with E-state index < -0.39 is 11.8 Å². The summed E-state index contributed by atoms with van der Waals surface area (Å²) in [6.07, 6.45) is 1.52. The van der Waals surface area contributed by atoms with E-state index in [0.717, 1.165) is 4.90 Å². The largest absolute Gasteiger partial charge is 0.497 e. The standard InChI is InChI=1S/C32H27Cl2N3O5S/c1-41-26-10-13-29(42-2)21(14-26)15-28(37-31(39)20-6-4-3-5-7-20)32(40)36-24-8-11-27(12-9-24)43-19-30(38)35-25-17-22(33)16-23(34)18-25/h3-18H,19H2,1-2H3,(H,35,38)(H,36,40)(H,37,39)/b28-15-. The Labute approximate surface area is 263 Å². The third-order valence-electron chi connectivity index (χ3n) is 5.89. The minimum atomic E-state index is -0.547. The quantitative estimate of drug-likeness (QED) is 0.119. The SMILES string of the molecule is COc1ccc(OC)c(/C=C(\NC(=O)c2ccccc2)C(=O)Nc2ccc(SCC(=O)Nc3cc(Cl)cc(Cl)c3)cc2)c1. The van der Waals surface area contributed by atoms with Crippen LogP contribution in [-0.2, 0) is 9.59 Å². The first-order valence-electron chi connectivity index (χ1n) is 12.8. The van der Waals surface area contributed by atoms with Crippen molar-refractivity contribution >= 4 is 70.1 Å². The highest BCUT2D eigenvalue weighted by atomic mass is 35.5. The molecule has 8 nitrogen and oxygen atoms in total. The molecule has 0 saturated carbocycles. The maximum atomic E-state index is 13.4. The van der Waals surface area contributed by atoms with Crippen molar-refractivity contribution in [3.63, 3.8) is 0 Å². The Balaban J connectivity index is 1.46. The summed E-state index contributed by atoms with van der Waals surface area (Å²) in [5, 5.41) is 9.14. The lowest BCUT2D eigenvalue weighted by Crippen LogP contribution is -2.30. The third-order valence-corrected chi connectivity index (χ3v) is 7.34. The fourth-order valence-electron chi connectivity index (χ4n) is 3.85. The maximum Gasteiger partial charge on any atom is 0.272 e. The van der Waals surface area contributed by atoms with E-state index in [-0.39, 0.29) is 17.4 Å². The van der Waals surface area contributed by atoms with E-state index in [1.54, 1.807) is 91.0 Å². The van der Waals surface area contributed by atoms with Gasteiger partial charge in [-0.2, -0.15) is 0 Å². The first kappa shape index (κ1) is 31.5. The average Bonchev–Trinajstić information content (AvgIpc) is 3.00. The number of methoxy groups -OCH3 is 2. The topological polar surface area (TPSA) is 106 Å². The number of ether oxygens (including phenoxy) is 2. The number of hydrogen-bond acceptors (Lipinski definition) is 6. The number of nitrogens with one attached hydrogen (secondary N) is 3. The Morgan fingerprint density at radius 3 is 2.14 bits per heavy atom. The van der Waals surface area contributed by atoms with Crippen LogP contribution >= 0.6 is 35.0 Å². The van der Waals surface area contributed by atoms with Gasteiger partial charge in [-0.3, -0.25) is 14.4 Å². The highest BCUT2D eigenvalue weighted by Gasteiger charge is 2.17. The van der Waals surface area contributed by atoms with Crippen molar-refractivity contribution < 1.29 is 23.9 Å². The number of anilines is 2. The summed E-state index contributed by atoms with van der Waals surface area (Å²) in [4.78, 5) is 39.6. The monoisotopic (exact) mass is 635 g/mol. The minimum Gasteiger partial charge on any atom is -0.497 e. The fraction of sp³-hybridized carbons (Fsp3) is 0.0938. The molecule has 3 amide bonds. The Morgan fingerprint density at radius 1 is 0.791 bits per heavy atom. The molecule has 0 aliphatic carbocycles. The summed E-state index contributed by atoms with van der Waals surface area (Å²) in [5.74, 6) is -0.0275. The van der Waals surface area contributed by atoms with Crippen molar-refractivity contribution in [3.8, 4) is 11.5 Å². The molecule has 43 heavy (non-hydrogen) atoms. The van der Waals surface area contributed by atoms with E-state index in [2.05, 4.69) is 16.0 Å². The van der Waals surface area contributed by atoms with Crippen molar-refractivity contribution in [2.24, 2.45) is 0 Å². The number of thioether (sulfide) groups is 1. The van der Waals surface area contributed by atoms with Crippen LogP contribution in [0.25, 0.3) is 6.08 Å². The van der Waals surface area contributed by atoms with Gasteiger partial charge in [0.05, 0.1) is 20.0 Å². The molecule has 0 fully saturated rings. The number of carbonyl (C=O) groups is 3. The first-order valence-corrected chi connectivity index (χ1v) is 14.6. The second-order valence-electron chi connectivity index (χ2n) is 8.96. The lowest BCUT2D eigenvalue weighted by molar-refractivity contribution is -0.114. The van der Waals surface area contributed by atoms with Crippen LogP contribution in [0.1, 0.15) is 15.9 Å². The number of halogens is 2. The van der Waals surface area contributed by atoms with E-state index in [9.17, 15) is 14.4 Å². The molecule has 0 spiro atoms. The fourth-order valence-corrected chi connectivity index (χ4v) is 5.08. The van der Waals surface area contributed by atoms with E-state index in [4.69, 9.17) is 32.7 Å².